The van der Waals surface area contributed by atoms with E-state index < -0.39 is 0 Å². The quantitative estimate of drug-likeness (QED) is 0.900. The number of rotatable bonds is 2. The second-order valence-corrected chi connectivity index (χ2v) is 5.51. The molecule has 1 heterocycles. The highest BCUT2D eigenvalue weighted by atomic mass is 79.9. The van der Waals surface area contributed by atoms with Gasteiger partial charge >= 0.3 is 0 Å². The van der Waals surface area contributed by atoms with E-state index in [-0.39, 0.29) is 11.7 Å². The summed E-state index contributed by atoms with van der Waals surface area (Å²) in [4.78, 5) is 0. The Kier molecular flexibility index (Phi) is 3.67. The lowest BCUT2D eigenvalue weighted by Crippen LogP contribution is -2.48. The molecular formula is C13H18BrNO. The van der Waals surface area contributed by atoms with Crippen LogP contribution >= 0.6 is 15.9 Å². The van der Waals surface area contributed by atoms with Crippen molar-refractivity contribution in [3.63, 3.8) is 0 Å². The van der Waals surface area contributed by atoms with Crippen molar-refractivity contribution in [2.45, 2.75) is 32.0 Å². The van der Waals surface area contributed by atoms with Gasteiger partial charge in [0.15, 0.2) is 0 Å². The van der Waals surface area contributed by atoms with Crippen LogP contribution in [0.15, 0.2) is 28.7 Å². The van der Waals surface area contributed by atoms with Crippen LogP contribution in [0.2, 0.25) is 0 Å². The Balaban J connectivity index is 2.16. The summed E-state index contributed by atoms with van der Waals surface area (Å²) in [6, 6.07) is 8.35. The molecule has 2 rings (SSSR count). The van der Waals surface area contributed by atoms with Gasteiger partial charge in [0.2, 0.25) is 0 Å². The number of ether oxygens (including phenoxy) is 1. The van der Waals surface area contributed by atoms with Crippen LogP contribution < -0.4 is 5.32 Å². The first kappa shape index (κ1) is 12.1. The van der Waals surface area contributed by atoms with Crippen molar-refractivity contribution in [3.05, 3.63) is 34.3 Å². The van der Waals surface area contributed by atoms with Crippen LogP contribution in [-0.2, 0) is 4.74 Å². The SMILES string of the molecule is CCC1(C)CNCC(c2cccc(Br)c2)O1. The number of hydrogen-bond donors (Lipinski definition) is 1. The fraction of sp³-hybridized carbons (Fsp3) is 0.538. The molecule has 0 spiro atoms. The van der Waals surface area contributed by atoms with Crippen molar-refractivity contribution in [1.29, 1.82) is 0 Å². The van der Waals surface area contributed by atoms with Crippen LogP contribution in [0.4, 0.5) is 0 Å². The van der Waals surface area contributed by atoms with Gasteiger partial charge in [-0.2, -0.15) is 0 Å². The monoisotopic (exact) mass is 283 g/mol. The maximum absolute atomic E-state index is 6.18. The number of halogens is 1. The third-order valence-corrected chi connectivity index (χ3v) is 3.72. The third-order valence-electron chi connectivity index (χ3n) is 3.22. The first-order valence-electron chi connectivity index (χ1n) is 5.77. The predicted molar refractivity (Wildman–Crippen MR) is 69.5 cm³/mol. The van der Waals surface area contributed by atoms with E-state index in [1.165, 1.54) is 5.56 Å². The fourth-order valence-corrected chi connectivity index (χ4v) is 2.41. The van der Waals surface area contributed by atoms with Gasteiger partial charge < -0.3 is 10.1 Å². The summed E-state index contributed by atoms with van der Waals surface area (Å²) in [7, 11) is 0. The molecule has 2 nitrogen and oxygen atoms in total. The van der Waals surface area contributed by atoms with Crippen molar-refractivity contribution in [2.24, 2.45) is 0 Å². The summed E-state index contributed by atoms with van der Waals surface area (Å²) in [6.07, 6.45) is 1.20. The number of hydrogen-bond acceptors (Lipinski definition) is 2. The van der Waals surface area contributed by atoms with Crippen LogP contribution in [0.3, 0.4) is 0 Å². The van der Waals surface area contributed by atoms with Gasteiger partial charge in [0.05, 0.1) is 11.7 Å². The van der Waals surface area contributed by atoms with Gasteiger partial charge in [0.1, 0.15) is 0 Å². The Morgan fingerprint density at radius 1 is 1.56 bits per heavy atom. The van der Waals surface area contributed by atoms with Crippen molar-refractivity contribution in [2.75, 3.05) is 13.1 Å². The minimum absolute atomic E-state index is 0.0365. The van der Waals surface area contributed by atoms with E-state index in [1.807, 2.05) is 6.07 Å². The lowest BCUT2D eigenvalue weighted by atomic mass is 9.98. The average molecular weight is 284 g/mol. The zero-order chi connectivity index (χ0) is 11.6. The first-order chi connectivity index (χ1) is 7.63. The molecular weight excluding hydrogens is 266 g/mol. The third kappa shape index (κ3) is 2.65. The van der Waals surface area contributed by atoms with Gasteiger partial charge in [-0.05, 0) is 31.0 Å². The van der Waals surface area contributed by atoms with Crippen molar-refractivity contribution < 1.29 is 4.74 Å². The van der Waals surface area contributed by atoms with Gasteiger partial charge in [-0.15, -0.1) is 0 Å². The van der Waals surface area contributed by atoms with E-state index in [0.29, 0.717) is 0 Å². The Labute approximate surface area is 106 Å². The van der Waals surface area contributed by atoms with E-state index in [4.69, 9.17) is 4.74 Å². The molecule has 0 aromatic heterocycles. The maximum Gasteiger partial charge on any atom is 0.0957 e. The summed E-state index contributed by atoms with van der Waals surface area (Å²) in [5.41, 5.74) is 1.20. The molecule has 1 saturated heterocycles. The lowest BCUT2D eigenvalue weighted by Gasteiger charge is -2.39. The molecule has 0 aliphatic carbocycles. The zero-order valence-corrected chi connectivity index (χ0v) is 11.4. The first-order valence-corrected chi connectivity index (χ1v) is 6.56. The topological polar surface area (TPSA) is 21.3 Å². The fourth-order valence-electron chi connectivity index (χ4n) is 2.00. The van der Waals surface area contributed by atoms with Gasteiger partial charge in [-0.25, -0.2) is 0 Å². The molecule has 88 valence electrons. The van der Waals surface area contributed by atoms with Crippen molar-refractivity contribution in [1.82, 2.24) is 5.32 Å². The lowest BCUT2D eigenvalue weighted by molar-refractivity contribution is -0.109. The molecule has 1 aromatic carbocycles. The molecule has 2 unspecified atom stereocenters. The van der Waals surface area contributed by atoms with Crippen molar-refractivity contribution >= 4 is 15.9 Å². The predicted octanol–water partition coefficient (Wildman–Crippen LogP) is 3.28. The number of benzene rings is 1. The Morgan fingerprint density at radius 2 is 2.38 bits per heavy atom. The Hall–Kier alpha value is -0.380. The molecule has 1 aliphatic heterocycles. The summed E-state index contributed by atoms with van der Waals surface area (Å²) in [5.74, 6) is 0. The smallest absolute Gasteiger partial charge is 0.0957 e. The highest BCUT2D eigenvalue weighted by Crippen LogP contribution is 2.30. The van der Waals surface area contributed by atoms with E-state index in [1.54, 1.807) is 0 Å². The minimum atomic E-state index is -0.0365. The van der Waals surface area contributed by atoms with E-state index in [2.05, 4.69) is 53.3 Å². The standard InChI is InChI=1S/C13H18BrNO/c1-3-13(2)9-15-8-12(16-13)10-5-4-6-11(14)7-10/h4-7,12,15H,3,8-9H2,1-2H3. The normalized spacial score (nSPS) is 30.3. The molecule has 3 heteroatoms. The van der Waals surface area contributed by atoms with Crippen LogP contribution in [0.1, 0.15) is 31.9 Å². The summed E-state index contributed by atoms with van der Waals surface area (Å²) >= 11 is 3.50. The van der Waals surface area contributed by atoms with Gasteiger partial charge in [0.25, 0.3) is 0 Å². The molecule has 2 atom stereocenters. The molecule has 1 fully saturated rings. The molecule has 16 heavy (non-hydrogen) atoms. The van der Waals surface area contributed by atoms with Crippen LogP contribution in [0.5, 0.6) is 0 Å². The van der Waals surface area contributed by atoms with Crippen LogP contribution in [-0.4, -0.2) is 18.7 Å². The Morgan fingerprint density at radius 3 is 3.06 bits per heavy atom. The molecule has 1 N–H and O–H groups in total. The summed E-state index contributed by atoms with van der Waals surface area (Å²) < 4.78 is 7.29. The van der Waals surface area contributed by atoms with Gasteiger partial charge in [-0.1, -0.05) is 35.0 Å². The van der Waals surface area contributed by atoms with Gasteiger partial charge in [-0.3, -0.25) is 0 Å². The number of morpholine rings is 1. The molecule has 0 saturated carbocycles. The van der Waals surface area contributed by atoms with E-state index in [0.717, 1.165) is 24.0 Å². The van der Waals surface area contributed by atoms with Crippen LogP contribution in [0.25, 0.3) is 0 Å². The summed E-state index contributed by atoms with van der Waals surface area (Å²) in [5, 5.41) is 3.45. The number of nitrogens with one attached hydrogen (secondary N) is 1. The molecule has 1 aromatic rings. The van der Waals surface area contributed by atoms with E-state index >= 15 is 0 Å². The molecule has 0 radical (unpaired) electrons. The Bertz CT molecular complexity index is 369. The van der Waals surface area contributed by atoms with E-state index in [9.17, 15) is 0 Å². The molecule has 0 amide bonds. The maximum atomic E-state index is 6.18. The second-order valence-electron chi connectivity index (χ2n) is 4.60. The highest BCUT2D eigenvalue weighted by Gasteiger charge is 2.31. The summed E-state index contributed by atoms with van der Waals surface area (Å²) in [6.45, 7) is 6.18. The largest absolute Gasteiger partial charge is 0.365 e. The van der Waals surface area contributed by atoms with Gasteiger partial charge in [0, 0.05) is 17.6 Å². The minimum Gasteiger partial charge on any atom is -0.365 e. The van der Waals surface area contributed by atoms with Crippen molar-refractivity contribution in [3.8, 4) is 0 Å². The second kappa shape index (κ2) is 4.86. The highest BCUT2D eigenvalue weighted by molar-refractivity contribution is 9.10. The zero-order valence-electron chi connectivity index (χ0n) is 9.79. The van der Waals surface area contributed by atoms with Crippen LogP contribution in [0, 0.1) is 0 Å². The average Bonchev–Trinajstić information content (AvgIpc) is 2.29. The molecule has 0 bridgehead atoms. The molecule has 1 aliphatic rings.